The minimum atomic E-state index is -4.05. The number of hydrogen-bond acceptors (Lipinski definition) is 4. The van der Waals surface area contributed by atoms with Gasteiger partial charge < -0.3 is 9.88 Å². The topological polar surface area (TPSA) is 86.0 Å². The molecule has 3 heterocycles. The SMILES string of the molecule is Cc1ccc(C)n1-c1nc2cc(NC(=O)c3ccccc3)n(S(=O)(=O)c3ccccc3)c2cc1Br. The average molecular weight is 549 g/mol. The molecule has 2 aromatic carbocycles. The maximum Gasteiger partial charge on any atom is 0.269 e. The van der Waals surface area contributed by atoms with Crippen LogP contribution in [0.15, 0.2) is 94.3 Å². The molecule has 3 aromatic heterocycles. The molecule has 0 aliphatic carbocycles. The predicted molar refractivity (Wildman–Crippen MR) is 140 cm³/mol. The Bertz CT molecular complexity index is 1650. The number of aromatic nitrogens is 3. The molecule has 0 aliphatic heterocycles. The van der Waals surface area contributed by atoms with Crippen LogP contribution in [0.4, 0.5) is 5.82 Å². The summed E-state index contributed by atoms with van der Waals surface area (Å²) in [5.74, 6) is 0.317. The summed E-state index contributed by atoms with van der Waals surface area (Å²) in [5, 5.41) is 2.77. The first-order valence-corrected chi connectivity index (χ1v) is 13.0. The summed E-state index contributed by atoms with van der Waals surface area (Å²) >= 11 is 3.58. The second-order valence-corrected chi connectivity index (χ2v) is 10.7. The Morgan fingerprint density at radius 1 is 0.886 bits per heavy atom. The predicted octanol–water partition coefficient (Wildman–Crippen LogP) is 5.70. The number of nitrogens with zero attached hydrogens (tertiary/aromatic N) is 3. The third kappa shape index (κ3) is 4.06. The van der Waals surface area contributed by atoms with Crippen LogP contribution in [0.25, 0.3) is 16.9 Å². The maximum absolute atomic E-state index is 13.7. The lowest BCUT2D eigenvalue weighted by molar-refractivity contribution is 0.102. The molecule has 0 saturated carbocycles. The maximum atomic E-state index is 13.7. The van der Waals surface area contributed by atoms with Gasteiger partial charge in [0.2, 0.25) is 0 Å². The second-order valence-electron chi connectivity index (χ2n) is 8.08. The van der Waals surface area contributed by atoms with Crippen LogP contribution in [0.3, 0.4) is 0 Å². The van der Waals surface area contributed by atoms with Crippen molar-refractivity contribution < 1.29 is 13.2 Å². The van der Waals surface area contributed by atoms with Gasteiger partial charge in [0, 0.05) is 23.0 Å². The first-order chi connectivity index (χ1) is 16.8. The molecule has 1 N–H and O–H groups in total. The van der Waals surface area contributed by atoms with Gasteiger partial charge >= 0.3 is 0 Å². The monoisotopic (exact) mass is 548 g/mol. The molecule has 35 heavy (non-hydrogen) atoms. The molecule has 0 unspecified atom stereocenters. The van der Waals surface area contributed by atoms with Crippen molar-refractivity contribution in [1.29, 1.82) is 0 Å². The summed E-state index contributed by atoms with van der Waals surface area (Å²) in [7, 11) is -4.05. The number of carbonyl (C=O) groups excluding carboxylic acids is 1. The zero-order valence-electron chi connectivity index (χ0n) is 18.9. The largest absolute Gasteiger partial charge is 0.307 e. The number of rotatable bonds is 5. The highest BCUT2D eigenvalue weighted by atomic mass is 79.9. The first-order valence-electron chi connectivity index (χ1n) is 10.8. The van der Waals surface area contributed by atoms with E-state index in [0.29, 0.717) is 26.9 Å². The number of carbonyl (C=O) groups is 1. The van der Waals surface area contributed by atoms with Gasteiger partial charge in [0.1, 0.15) is 5.82 Å². The Balaban J connectivity index is 1.74. The van der Waals surface area contributed by atoms with Crippen molar-refractivity contribution in [2.75, 3.05) is 5.32 Å². The van der Waals surface area contributed by atoms with Crippen LogP contribution in [0, 0.1) is 13.8 Å². The lowest BCUT2D eigenvalue weighted by atomic mass is 10.2. The number of aryl methyl sites for hydroxylation is 2. The molecule has 176 valence electrons. The number of benzene rings is 2. The van der Waals surface area contributed by atoms with E-state index in [1.54, 1.807) is 54.6 Å². The van der Waals surface area contributed by atoms with Gasteiger partial charge in [-0.2, -0.15) is 0 Å². The van der Waals surface area contributed by atoms with Gasteiger partial charge in [-0.3, -0.25) is 4.79 Å². The molecule has 1 amide bonds. The van der Waals surface area contributed by atoms with E-state index in [1.807, 2.05) is 36.6 Å². The smallest absolute Gasteiger partial charge is 0.269 e. The third-order valence-electron chi connectivity index (χ3n) is 5.72. The van der Waals surface area contributed by atoms with E-state index >= 15 is 0 Å². The van der Waals surface area contributed by atoms with Crippen molar-refractivity contribution in [1.82, 2.24) is 13.5 Å². The lowest BCUT2D eigenvalue weighted by Gasteiger charge is -2.14. The van der Waals surface area contributed by atoms with Crippen LogP contribution in [0.5, 0.6) is 0 Å². The highest BCUT2D eigenvalue weighted by Crippen LogP contribution is 2.33. The normalized spacial score (nSPS) is 11.6. The highest BCUT2D eigenvalue weighted by molar-refractivity contribution is 9.10. The van der Waals surface area contributed by atoms with Gasteiger partial charge in [-0.15, -0.1) is 0 Å². The van der Waals surface area contributed by atoms with Crippen LogP contribution in [-0.4, -0.2) is 27.8 Å². The van der Waals surface area contributed by atoms with Gasteiger partial charge in [-0.25, -0.2) is 17.4 Å². The third-order valence-corrected chi connectivity index (χ3v) is 8.04. The van der Waals surface area contributed by atoms with Crippen LogP contribution >= 0.6 is 15.9 Å². The molecule has 0 radical (unpaired) electrons. The van der Waals surface area contributed by atoms with Crippen molar-refractivity contribution in [2.24, 2.45) is 0 Å². The highest BCUT2D eigenvalue weighted by Gasteiger charge is 2.26. The molecular formula is C26H21BrN4O3S. The number of pyridine rings is 1. The number of fused-ring (bicyclic) bond motifs is 1. The molecule has 9 heteroatoms. The van der Waals surface area contributed by atoms with E-state index in [1.165, 1.54) is 12.1 Å². The molecule has 5 rings (SSSR count). The van der Waals surface area contributed by atoms with E-state index in [0.717, 1.165) is 15.4 Å². The van der Waals surface area contributed by atoms with Crippen molar-refractivity contribution in [3.05, 3.63) is 106 Å². The molecule has 0 atom stereocenters. The van der Waals surface area contributed by atoms with Gasteiger partial charge in [0.25, 0.3) is 15.9 Å². The van der Waals surface area contributed by atoms with Crippen molar-refractivity contribution in [2.45, 2.75) is 18.7 Å². The Hall–Kier alpha value is -3.69. The van der Waals surface area contributed by atoms with Crippen LogP contribution in [-0.2, 0) is 10.0 Å². The van der Waals surface area contributed by atoms with E-state index in [2.05, 4.69) is 21.2 Å². The van der Waals surface area contributed by atoms with Gasteiger partial charge in [0.05, 0.1) is 20.4 Å². The van der Waals surface area contributed by atoms with Gasteiger partial charge in [-0.1, -0.05) is 36.4 Å². The Morgan fingerprint density at radius 3 is 2.11 bits per heavy atom. The number of hydrogen-bond donors (Lipinski definition) is 1. The lowest BCUT2D eigenvalue weighted by Crippen LogP contribution is -2.20. The van der Waals surface area contributed by atoms with E-state index in [4.69, 9.17) is 4.98 Å². The molecule has 0 bridgehead atoms. The molecular weight excluding hydrogens is 528 g/mol. The van der Waals surface area contributed by atoms with Gasteiger partial charge in [0.15, 0.2) is 5.82 Å². The zero-order valence-corrected chi connectivity index (χ0v) is 21.3. The molecule has 0 fully saturated rings. The van der Waals surface area contributed by atoms with Crippen molar-refractivity contribution in [3.8, 4) is 5.82 Å². The number of nitrogens with one attached hydrogen (secondary N) is 1. The van der Waals surface area contributed by atoms with Crippen LogP contribution < -0.4 is 5.32 Å². The quantitative estimate of drug-likeness (QED) is 0.305. The average Bonchev–Trinajstić information content (AvgIpc) is 3.38. The fourth-order valence-electron chi connectivity index (χ4n) is 4.05. The molecule has 0 saturated heterocycles. The summed E-state index contributed by atoms with van der Waals surface area (Å²) < 4.78 is 31.2. The van der Waals surface area contributed by atoms with E-state index in [9.17, 15) is 13.2 Å². The van der Waals surface area contributed by atoms with E-state index in [-0.39, 0.29) is 10.7 Å². The summed E-state index contributed by atoms with van der Waals surface area (Å²) in [6.45, 7) is 3.95. The molecule has 7 nitrogen and oxygen atoms in total. The molecule has 0 spiro atoms. The zero-order chi connectivity index (χ0) is 24.7. The Labute approximate surface area is 211 Å². The minimum Gasteiger partial charge on any atom is -0.307 e. The number of amides is 1. The minimum absolute atomic E-state index is 0.102. The van der Waals surface area contributed by atoms with Crippen molar-refractivity contribution in [3.63, 3.8) is 0 Å². The second kappa shape index (κ2) is 8.83. The fourth-order valence-corrected chi connectivity index (χ4v) is 6.01. The Kier molecular flexibility index (Phi) is 5.82. The van der Waals surface area contributed by atoms with Crippen molar-refractivity contribution >= 4 is 48.7 Å². The van der Waals surface area contributed by atoms with E-state index < -0.39 is 15.9 Å². The fraction of sp³-hybridized carbons (Fsp3) is 0.0769. The number of halogens is 1. The number of anilines is 1. The molecule has 0 aliphatic rings. The summed E-state index contributed by atoms with van der Waals surface area (Å²) in [6.07, 6.45) is 0. The Morgan fingerprint density at radius 2 is 1.49 bits per heavy atom. The standard InChI is InChI=1S/C26H21BrN4O3S/c1-17-13-14-18(2)30(17)25-21(27)15-23-22(28-25)16-24(29-26(32)19-9-5-3-6-10-19)31(23)35(33,34)20-11-7-4-8-12-20/h3-16H,1-2H3,(H,29,32). The van der Waals surface area contributed by atoms with Crippen LogP contribution in [0.2, 0.25) is 0 Å². The summed E-state index contributed by atoms with van der Waals surface area (Å²) in [5.41, 5.74) is 3.16. The summed E-state index contributed by atoms with van der Waals surface area (Å²) in [6, 6.07) is 24.0. The van der Waals surface area contributed by atoms with Gasteiger partial charge in [-0.05, 0) is 72.2 Å². The van der Waals surface area contributed by atoms with Crippen LogP contribution in [0.1, 0.15) is 21.7 Å². The summed E-state index contributed by atoms with van der Waals surface area (Å²) in [4.78, 5) is 17.9. The molecule has 5 aromatic rings. The first kappa shape index (κ1) is 23.1.